The van der Waals surface area contributed by atoms with Crippen LogP contribution < -0.4 is 0 Å². The van der Waals surface area contributed by atoms with E-state index in [9.17, 15) is 92.2 Å². The highest BCUT2D eigenvalue weighted by Crippen LogP contribution is 2.34. The predicted octanol–water partition coefficient (Wildman–Crippen LogP) is 26.3. The first-order chi connectivity index (χ1) is 42.6. The molecule has 0 aromatic heterocycles. The molecule has 0 atom stereocenters. The van der Waals surface area contributed by atoms with E-state index in [4.69, 9.17) is 0 Å². The third-order valence-electron chi connectivity index (χ3n) is 11.7. The van der Waals surface area contributed by atoms with Gasteiger partial charge in [0, 0.05) is 11.6 Å². The van der Waals surface area contributed by atoms with Crippen LogP contribution in [0.2, 0.25) is 0 Å². The fourth-order valence-corrected chi connectivity index (χ4v) is 8.82. The first kappa shape index (κ1) is 84.9. The first-order valence-electron chi connectivity index (χ1n) is 26.4. The number of aryl methyl sites for hydroxylation is 8. The van der Waals surface area contributed by atoms with Crippen LogP contribution in [0.1, 0.15) is 77.9 Å². The lowest BCUT2D eigenvalue weighted by Crippen LogP contribution is -2.08. The summed E-state index contributed by atoms with van der Waals surface area (Å²) in [5, 5.41) is 0. The molecule has 9 rings (SSSR count). The molecule has 25 heteroatoms. The Morgan fingerprint density at radius 3 is 1.15 bits per heavy atom. The van der Waals surface area contributed by atoms with Gasteiger partial charge < -0.3 is 0 Å². The van der Waals surface area contributed by atoms with E-state index in [-0.39, 0.29) is 45.8 Å². The Hall–Kier alpha value is -6.07. The maximum absolute atomic E-state index is 12.8. The van der Waals surface area contributed by atoms with Crippen LogP contribution in [-0.4, -0.2) is 0 Å². The molecular formula is C68H57Br2F21I2. The molecule has 0 aliphatic rings. The highest BCUT2D eigenvalue weighted by atomic mass is 127. The summed E-state index contributed by atoms with van der Waals surface area (Å²) in [5.74, 6) is -4.66. The second-order valence-corrected chi connectivity index (χ2v) is 23.9. The van der Waals surface area contributed by atoms with Crippen LogP contribution in [0, 0.1) is 129 Å². The van der Waals surface area contributed by atoms with Crippen molar-refractivity contribution in [3.63, 3.8) is 0 Å². The Morgan fingerprint density at radius 1 is 0.301 bits per heavy atom. The first-order valence-corrected chi connectivity index (χ1v) is 30.1. The van der Waals surface area contributed by atoms with Gasteiger partial charge in [0.05, 0.1) is 26.7 Å². The molecule has 0 aliphatic carbocycles. The van der Waals surface area contributed by atoms with Gasteiger partial charge in [-0.1, -0.05) is 58.4 Å². The molecule has 0 heterocycles. The Bertz CT molecular complexity index is 3610. The molecule has 0 aliphatic heterocycles. The van der Waals surface area contributed by atoms with Gasteiger partial charge in [-0.15, -0.1) is 0 Å². The fourth-order valence-electron chi connectivity index (χ4n) is 6.63. The van der Waals surface area contributed by atoms with Crippen molar-refractivity contribution in [1.29, 1.82) is 0 Å². The standard InChI is InChI=1S/4C8H6F4.C8H9F.2C7H6BrF.2C7H6FI/c1-5-2-6(8(10,11)12)4-7(9)3-5;1-5-4-6(8(10,11)12)2-3-7(5)9;1-5-2-3-6(7(9)4-5)8(10,11)12;1-5-3-2-4-6(7(5)9)8(10,11)12;1-6-4-3-5-8(9)7(6)2;1-5-2-6(8)4-7(9)3-5;1-5-2-3-7(9)6(8)4-5;1-5-4-6(9)2-3-7(5)8;1-5-6(8)3-2-4-7(5)9/h4*2-4H,1H3;3-5H,1-2H3;4*2-4H,1H3. The number of benzene rings is 9. The van der Waals surface area contributed by atoms with Crippen molar-refractivity contribution in [2.24, 2.45) is 0 Å². The molecule has 0 N–H and O–H groups in total. The molecule has 0 saturated heterocycles. The molecule has 0 amide bonds. The van der Waals surface area contributed by atoms with Gasteiger partial charge in [0.2, 0.25) is 0 Å². The van der Waals surface area contributed by atoms with Gasteiger partial charge >= 0.3 is 24.7 Å². The molecule has 0 unspecified atom stereocenters. The van der Waals surface area contributed by atoms with E-state index in [2.05, 4.69) is 77.0 Å². The second-order valence-electron chi connectivity index (χ2n) is 19.7. The summed E-state index contributed by atoms with van der Waals surface area (Å²) in [7, 11) is 0. The smallest absolute Gasteiger partial charge is 0.207 e. The normalized spacial score (nSPS) is 10.7. The highest BCUT2D eigenvalue weighted by Gasteiger charge is 2.35. The molecule has 0 bridgehead atoms. The molecule has 0 spiro atoms. The Balaban J connectivity index is 0.000000525. The van der Waals surface area contributed by atoms with E-state index in [0.29, 0.717) is 21.7 Å². The van der Waals surface area contributed by atoms with Gasteiger partial charge in [0.15, 0.2) is 0 Å². The third kappa shape index (κ3) is 32.8. The minimum atomic E-state index is -4.60. The zero-order valence-electron chi connectivity index (χ0n) is 50.5. The number of hydrogen-bond donors (Lipinski definition) is 0. The number of hydrogen-bond acceptors (Lipinski definition) is 0. The summed E-state index contributed by atoms with van der Waals surface area (Å²) < 4.78 is 260. The Labute approximate surface area is 569 Å². The molecule has 0 fully saturated rings. The van der Waals surface area contributed by atoms with Gasteiger partial charge in [0.25, 0.3) is 0 Å². The van der Waals surface area contributed by atoms with Crippen LogP contribution in [0.4, 0.5) is 92.2 Å². The van der Waals surface area contributed by atoms with Crippen LogP contribution in [0.25, 0.3) is 0 Å². The van der Waals surface area contributed by atoms with Gasteiger partial charge in [-0.3, -0.25) is 0 Å². The zero-order valence-corrected chi connectivity index (χ0v) is 58.0. The van der Waals surface area contributed by atoms with E-state index in [0.717, 1.165) is 88.0 Å². The number of rotatable bonds is 0. The molecule has 0 radical (unpaired) electrons. The van der Waals surface area contributed by atoms with Crippen molar-refractivity contribution < 1.29 is 92.2 Å². The SMILES string of the molecule is Cc1c(F)cccc1I.Cc1cc(C(F)(F)F)ccc1F.Cc1cc(F)cc(Br)c1.Cc1cc(F)cc(C(F)(F)F)c1.Cc1cc(I)ccc1F.Cc1ccc(C(F)(F)F)c(F)c1.Cc1ccc(F)c(Br)c1.Cc1cccc(C(F)(F)F)c1F.Cc1cccc(F)c1C. The lowest BCUT2D eigenvalue weighted by molar-refractivity contribution is -0.140. The Kier molecular flexibility index (Phi) is 35.7. The van der Waals surface area contributed by atoms with E-state index < -0.39 is 70.2 Å². The van der Waals surface area contributed by atoms with Crippen molar-refractivity contribution in [2.75, 3.05) is 0 Å². The summed E-state index contributed by atoms with van der Waals surface area (Å²) in [4.78, 5) is 0. The van der Waals surface area contributed by atoms with Crippen molar-refractivity contribution in [3.8, 4) is 0 Å². The zero-order chi connectivity index (χ0) is 71.7. The topological polar surface area (TPSA) is 0 Å². The average molecular weight is 1690 g/mol. The van der Waals surface area contributed by atoms with Crippen LogP contribution in [-0.2, 0) is 24.7 Å². The van der Waals surface area contributed by atoms with E-state index in [1.807, 2.05) is 45.0 Å². The number of alkyl halides is 12. The minimum absolute atomic E-state index is 0.00447. The quantitative estimate of drug-likeness (QED) is 0.105. The second kappa shape index (κ2) is 39.1. The maximum Gasteiger partial charge on any atom is 0.419 e. The third-order valence-corrected chi connectivity index (χ3v) is 14.6. The lowest BCUT2D eigenvalue weighted by Gasteiger charge is -2.08. The van der Waals surface area contributed by atoms with E-state index >= 15 is 0 Å². The largest absolute Gasteiger partial charge is 0.419 e. The predicted molar refractivity (Wildman–Crippen MR) is 346 cm³/mol. The molecule has 0 nitrogen and oxygen atoms in total. The monoisotopic (exact) mass is 1680 g/mol. The molecule has 9 aromatic rings. The van der Waals surface area contributed by atoms with Gasteiger partial charge in [-0.2, -0.15) is 52.7 Å². The van der Waals surface area contributed by atoms with Crippen LogP contribution in [0.15, 0.2) is 173 Å². The molecule has 0 saturated carbocycles. The summed E-state index contributed by atoms with van der Waals surface area (Å²) in [5.41, 5.74) is 1.76. The molecular weight excluding hydrogens is 1630 g/mol. The number of halogens is 25. The summed E-state index contributed by atoms with van der Waals surface area (Å²) in [6.45, 7) is 16.5. The fraction of sp³-hybridized carbons (Fsp3) is 0.206. The van der Waals surface area contributed by atoms with Crippen LogP contribution >= 0.6 is 77.0 Å². The summed E-state index contributed by atoms with van der Waals surface area (Å²) >= 11 is 10.5. The van der Waals surface area contributed by atoms with E-state index in [1.165, 1.54) is 82.3 Å². The molecule has 504 valence electrons. The van der Waals surface area contributed by atoms with Gasteiger partial charge in [-0.25, -0.2) is 39.5 Å². The Morgan fingerprint density at radius 2 is 0.753 bits per heavy atom. The van der Waals surface area contributed by atoms with Crippen molar-refractivity contribution in [2.45, 2.75) is 93.9 Å². The van der Waals surface area contributed by atoms with Crippen molar-refractivity contribution in [1.82, 2.24) is 0 Å². The minimum Gasteiger partial charge on any atom is -0.207 e. The lowest BCUT2D eigenvalue weighted by atomic mass is 10.1. The van der Waals surface area contributed by atoms with Crippen LogP contribution in [0.5, 0.6) is 0 Å². The summed E-state index contributed by atoms with van der Waals surface area (Å²) in [6, 6.07) is 35.7. The average Bonchev–Trinajstić information content (AvgIpc) is 1.47. The van der Waals surface area contributed by atoms with Crippen LogP contribution in [0.3, 0.4) is 0 Å². The maximum atomic E-state index is 12.8. The van der Waals surface area contributed by atoms with E-state index in [1.54, 1.807) is 51.1 Å². The highest BCUT2D eigenvalue weighted by molar-refractivity contribution is 14.1. The van der Waals surface area contributed by atoms with Gasteiger partial charge in [0.1, 0.15) is 52.4 Å². The molecule has 93 heavy (non-hydrogen) atoms. The van der Waals surface area contributed by atoms with Crippen molar-refractivity contribution >= 4 is 77.0 Å². The van der Waals surface area contributed by atoms with Crippen molar-refractivity contribution in [3.05, 3.63) is 310 Å². The van der Waals surface area contributed by atoms with Gasteiger partial charge in [-0.05, 0) is 307 Å². The molecule has 9 aromatic carbocycles. The summed E-state index contributed by atoms with van der Waals surface area (Å²) in [6.07, 6.45) is -18.1.